The number of hydrogen-bond donors (Lipinski definition) is 2. The molecular formula is C16H26ClN3O. The summed E-state index contributed by atoms with van der Waals surface area (Å²) in [5, 5.41) is 6.42. The normalized spacial score (nSPS) is 12.3. The minimum atomic E-state index is -0.211. The van der Waals surface area contributed by atoms with Gasteiger partial charge in [-0.15, -0.1) is 0 Å². The van der Waals surface area contributed by atoms with Gasteiger partial charge in [0.15, 0.2) is 0 Å². The number of halogens is 1. The van der Waals surface area contributed by atoms with Crippen LogP contribution in [0.4, 0.5) is 5.82 Å². The maximum absolute atomic E-state index is 12.2. The molecule has 118 valence electrons. The van der Waals surface area contributed by atoms with E-state index >= 15 is 0 Å². The van der Waals surface area contributed by atoms with E-state index in [2.05, 4.69) is 29.5 Å². The third kappa shape index (κ3) is 6.34. The molecule has 5 heteroatoms. The van der Waals surface area contributed by atoms with Gasteiger partial charge in [0.25, 0.3) is 5.91 Å². The van der Waals surface area contributed by atoms with Gasteiger partial charge in [-0.25, -0.2) is 4.98 Å². The highest BCUT2D eigenvalue weighted by Crippen LogP contribution is 2.17. The van der Waals surface area contributed by atoms with Gasteiger partial charge in [0, 0.05) is 12.6 Å². The van der Waals surface area contributed by atoms with Gasteiger partial charge < -0.3 is 10.6 Å². The Morgan fingerprint density at radius 2 is 2.00 bits per heavy atom. The molecule has 0 aliphatic carbocycles. The van der Waals surface area contributed by atoms with Crippen LogP contribution >= 0.6 is 11.6 Å². The number of aromatic nitrogens is 1. The highest BCUT2D eigenvalue weighted by Gasteiger charge is 2.15. The highest BCUT2D eigenvalue weighted by molar-refractivity contribution is 6.33. The van der Waals surface area contributed by atoms with Crippen molar-refractivity contribution in [2.75, 3.05) is 11.9 Å². The van der Waals surface area contributed by atoms with E-state index in [4.69, 9.17) is 11.6 Å². The maximum atomic E-state index is 12.2. The van der Waals surface area contributed by atoms with Crippen LogP contribution in [0.15, 0.2) is 12.1 Å². The first-order chi connectivity index (χ1) is 9.93. The van der Waals surface area contributed by atoms with Crippen molar-refractivity contribution in [2.45, 2.75) is 53.0 Å². The summed E-state index contributed by atoms with van der Waals surface area (Å²) < 4.78 is 0. The number of hydrogen-bond acceptors (Lipinski definition) is 3. The molecule has 0 aliphatic rings. The number of anilines is 1. The second kappa shape index (κ2) is 8.88. The average Bonchev–Trinajstić information content (AvgIpc) is 2.40. The zero-order chi connectivity index (χ0) is 15.8. The van der Waals surface area contributed by atoms with E-state index in [-0.39, 0.29) is 17.6 Å². The summed E-state index contributed by atoms with van der Waals surface area (Å²) in [5.74, 6) is 1.15. The molecule has 1 amide bonds. The first-order valence-electron chi connectivity index (χ1n) is 7.65. The lowest BCUT2D eigenvalue weighted by molar-refractivity contribution is 0.0933. The van der Waals surface area contributed by atoms with E-state index in [0.717, 1.165) is 19.4 Å². The van der Waals surface area contributed by atoms with E-state index in [1.165, 1.54) is 6.42 Å². The fourth-order valence-corrected chi connectivity index (χ4v) is 2.27. The van der Waals surface area contributed by atoms with Crippen LogP contribution in [-0.4, -0.2) is 23.5 Å². The van der Waals surface area contributed by atoms with Crippen LogP contribution < -0.4 is 10.6 Å². The Morgan fingerprint density at radius 1 is 1.29 bits per heavy atom. The first kappa shape index (κ1) is 17.8. The molecule has 1 aromatic heterocycles. The van der Waals surface area contributed by atoms with Crippen molar-refractivity contribution in [2.24, 2.45) is 5.92 Å². The summed E-state index contributed by atoms with van der Waals surface area (Å²) in [4.78, 5) is 16.5. The monoisotopic (exact) mass is 311 g/mol. The van der Waals surface area contributed by atoms with Gasteiger partial charge >= 0.3 is 0 Å². The molecule has 0 bridgehead atoms. The summed E-state index contributed by atoms with van der Waals surface area (Å²) in [6.45, 7) is 9.16. The minimum absolute atomic E-state index is 0.122. The summed E-state index contributed by atoms with van der Waals surface area (Å²) in [5.41, 5.74) is 0.283. The molecule has 0 saturated heterocycles. The standard InChI is InChI=1S/C16H26ClN3O/c1-5-18-14-10-9-13(17)15(20-14)16(21)19-12(4)8-6-7-11(2)3/h9-12H,5-8H2,1-4H3,(H,18,20)(H,19,21). The van der Waals surface area contributed by atoms with Crippen molar-refractivity contribution in [3.05, 3.63) is 22.8 Å². The molecule has 1 heterocycles. The lowest BCUT2D eigenvalue weighted by atomic mass is 10.0. The number of amides is 1. The van der Waals surface area contributed by atoms with Crippen LogP contribution in [0.3, 0.4) is 0 Å². The molecule has 0 aliphatic heterocycles. The fraction of sp³-hybridized carbons (Fsp3) is 0.625. The number of carbonyl (C=O) groups is 1. The van der Waals surface area contributed by atoms with Crippen LogP contribution in [0.25, 0.3) is 0 Å². The van der Waals surface area contributed by atoms with E-state index < -0.39 is 0 Å². The molecule has 1 rings (SSSR count). The number of pyridine rings is 1. The Kier molecular flexibility index (Phi) is 7.51. The lowest BCUT2D eigenvalue weighted by Gasteiger charge is -2.15. The number of rotatable bonds is 8. The average molecular weight is 312 g/mol. The molecule has 21 heavy (non-hydrogen) atoms. The van der Waals surface area contributed by atoms with Crippen molar-refractivity contribution in [1.82, 2.24) is 10.3 Å². The first-order valence-corrected chi connectivity index (χ1v) is 8.03. The van der Waals surface area contributed by atoms with Crippen molar-refractivity contribution >= 4 is 23.3 Å². The number of carbonyl (C=O) groups excluding carboxylic acids is 1. The lowest BCUT2D eigenvalue weighted by Crippen LogP contribution is -2.33. The number of nitrogens with zero attached hydrogens (tertiary/aromatic N) is 1. The second-order valence-corrected chi connectivity index (χ2v) is 6.16. The van der Waals surface area contributed by atoms with E-state index in [0.29, 0.717) is 16.8 Å². The van der Waals surface area contributed by atoms with Crippen molar-refractivity contribution in [3.8, 4) is 0 Å². The molecular weight excluding hydrogens is 286 g/mol. The van der Waals surface area contributed by atoms with Crippen LogP contribution in [0.1, 0.15) is 57.4 Å². The SMILES string of the molecule is CCNc1ccc(Cl)c(C(=O)NC(C)CCCC(C)C)n1. The van der Waals surface area contributed by atoms with Gasteiger partial charge in [-0.05, 0) is 38.3 Å². The summed E-state index contributed by atoms with van der Waals surface area (Å²) >= 11 is 6.07. The molecule has 4 nitrogen and oxygen atoms in total. The van der Waals surface area contributed by atoms with Gasteiger partial charge in [-0.1, -0.05) is 38.3 Å². The van der Waals surface area contributed by atoms with Crippen LogP contribution in [0.2, 0.25) is 5.02 Å². The second-order valence-electron chi connectivity index (χ2n) is 5.76. The molecule has 0 spiro atoms. The number of nitrogens with one attached hydrogen (secondary N) is 2. The van der Waals surface area contributed by atoms with Crippen LogP contribution in [0.5, 0.6) is 0 Å². The van der Waals surface area contributed by atoms with E-state index in [1.807, 2.05) is 13.8 Å². The summed E-state index contributed by atoms with van der Waals surface area (Å²) in [7, 11) is 0. The van der Waals surface area contributed by atoms with Crippen LogP contribution in [0, 0.1) is 5.92 Å². The molecule has 0 fully saturated rings. The Bertz CT molecular complexity index is 463. The van der Waals surface area contributed by atoms with E-state index in [9.17, 15) is 4.79 Å². The smallest absolute Gasteiger partial charge is 0.271 e. The largest absolute Gasteiger partial charge is 0.370 e. The molecule has 2 N–H and O–H groups in total. The Hall–Kier alpha value is -1.29. The molecule has 1 atom stereocenters. The summed E-state index contributed by atoms with van der Waals surface area (Å²) in [6.07, 6.45) is 3.25. The summed E-state index contributed by atoms with van der Waals surface area (Å²) in [6, 6.07) is 3.59. The zero-order valence-electron chi connectivity index (χ0n) is 13.4. The predicted molar refractivity (Wildman–Crippen MR) is 89.0 cm³/mol. The predicted octanol–water partition coefficient (Wildman–Crippen LogP) is 4.11. The molecule has 0 radical (unpaired) electrons. The van der Waals surface area contributed by atoms with Crippen LogP contribution in [-0.2, 0) is 0 Å². The quantitative estimate of drug-likeness (QED) is 0.759. The van der Waals surface area contributed by atoms with Gasteiger partial charge in [0.1, 0.15) is 11.5 Å². The topological polar surface area (TPSA) is 54.0 Å². The van der Waals surface area contributed by atoms with Gasteiger partial charge in [0.2, 0.25) is 0 Å². The van der Waals surface area contributed by atoms with Crippen molar-refractivity contribution in [3.63, 3.8) is 0 Å². The molecule has 0 saturated carbocycles. The maximum Gasteiger partial charge on any atom is 0.271 e. The van der Waals surface area contributed by atoms with Gasteiger partial charge in [0.05, 0.1) is 5.02 Å². The Labute approximate surface area is 132 Å². The van der Waals surface area contributed by atoms with Gasteiger partial charge in [-0.3, -0.25) is 4.79 Å². The zero-order valence-corrected chi connectivity index (χ0v) is 14.1. The van der Waals surface area contributed by atoms with Crippen molar-refractivity contribution in [1.29, 1.82) is 0 Å². The molecule has 1 unspecified atom stereocenters. The van der Waals surface area contributed by atoms with Crippen molar-refractivity contribution < 1.29 is 4.79 Å². The molecule has 0 aromatic carbocycles. The van der Waals surface area contributed by atoms with E-state index in [1.54, 1.807) is 12.1 Å². The fourth-order valence-electron chi connectivity index (χ4n) is 2.08. The molecule has 1 aromatic rings. The third-order valence-electron chi connectivity index (χ3n) is 3.22. The Balaban J connectivity index is 2.60. The minimum Gasteiger partial charge on any atom is -0.370 e. The Morgan fingerprint density at radius 3 is 2.62 bits per heavy atom. The third-order valence-corrected chi connectivity index (χ3v) is 3.52. The highest BCUT2D eigenvalue weighted by atomic mass is 35.5. The van der Waals surface area contributed by atoms with Gasteiger partial charge in [-0.2, -0.15) is 0 Å².